The number of ketones is 1. The van der Waals surface area contributed by atoms with Crippen LogP contribution < -0.4 is 4.74 Å². The number of hydrogen-bond donors (Lipinski definition) is 0. The number of thioether (sulfide) groups is 1. The molecule has 0 aliphatic rings. The van der Waals surface area contributed by atoms with Crippen LogP contribution in [-0.4, -0.2) is 45.0 Å². The first kappa shape index (κ1) is 24.7. The highest BCUT2D eigenvalue weighted by Crippen LogP contribution is 2.25. The Kier molecular flexibility index (Phi) is 8.40. The topological polar surface area (TPSA) is 83.3 Å². The molecule has 0 saturated heterocycles. The summed E-state index contributed by atoms with van der Waals surface area (Å²) >= 11 is 7.08. The van der Waals surface area contributed by atoms with Gasteiger partial charge in [0.25, 0.3) is 0 Å². The van der Waals surface area contributed by atoms with Gasteiger partial charge < -0.3 is 14.0 Å². The summed E-state index contributed by atoms with van der Waals surface area (Å²) in [5.41, 5.74) is 1.05. The van der Waals surface area contributed by atoms with Gasteiger partial charge in [0.05, 0.1) is 5.75 Å². The van der Waals surface area contributed by atoms with E-state index >= 15 is 0 Å². The normalized spacial score (nSPS) is 11.9. The second-order valence-electron chi connectivity index (χ2n) is 6.75. The number of hydrogen-bond acceptors (Lipinski definition) is 7. The summed E-state index contributed by atoms with van der Waals surface area (Å²) in [6.07, 6.45) is -1.05. The van der Waals surface area contributed by atoms with Gasteiger partial charge in [0.2, 0.25) is 5.78 Å². The summed E-state index contributed by atoms with van der Waals surface area (Å²) in [4.78, 5) is 24.7. The van der Waals surface area contributed by atoms with Crippen LogP contribution in [0.3, 0.4) is 0 Å². The molecule has 0 spiro atoms. The Morgan fingerprint density at radius 3 is 2.36 bits per heavy atom. The standard InChI is InChI=1S/C22H20ClF2N3O4S/c1-3-28-20(15-4-8-16(23)9-5-15)26-27-22(28)33-12-18(29)31-13(2)19(30)14-6-10-17(11-7-14)32-21(24)25/h4-11,13,21H,3,12H2,1-2H3. The van der Waals surface area contributed by atoms with E-state index in [0.29, 0.717) is 22.5 Å². The van der Waals surface area contributed by atoms with Crippen LogP contribution in [0.4, 0.5) is 8.78 Å². The summed E-state index contributed by atoms with van der Waals surface area (Å²) in [7, 11) is 0. The van der Waals surface area contributed by atoms with Crippen molar-refractivity contribution in [2.24, 2.45) is 0 Å². The number of halogens is 3. The van der Waals surface area contributed by atoms with Gasteiger partial charge in [0, 0.05) is 22.7 Å². The highest BCUT2D eigenvalue weighted by atomic mass is 35.5. The fourth-order valence-corrected chi connectivity index (χ4v) is 3.85. The Morgan fingerprint density at radius 1 is 1.09 bits per heavy atom. The number of nitrogens with zero attached hydrogens (tertiary/aromatic N) is 3. The van der Waals surface area contributed by atoms with Crippen LogP contribution in [-0.2, 0) is 16.1 Å². The van der Waals surface area contributed by atoms with Gasteiger partial charge in [-0.3, -0.25) is 9.59 Å². The molecule has 174 valence electrons. The van der Waals surface area contributed by atoms with Crippen molar-refractivity contribution in [1.82, 2.24) is 14.8 Å². The van der Waals surface area contributed by atoms with Crippen LogP contribution in [0, 0.1) is 0 Å². The highest BCUT2D eigenvalue weighted by Gasteiger charge is 2.21. The molecule has 0 bridgehead atoms. The molecular weight excluding hydrogens is 476 g/mol. The number of esters is 1. The molecule has 1 unspecified atom stereocenters. The van der Waals surface area contributed by atoms with E-state index in [1.54, 1.807) is 12.1 Å². The molecule has 0 N–H and O–H groups in total. The molecule has 1 aromatic heterocycles. The van der Waals surface area contributed by atoms with Crippen molar-refractivity contribution in [3.63, 3.8) is 0 Å². The molecule has 0 aliphatic carbocycles. The molecule has 0 aliphatic heterocycles. The molecule has 0 amide bonds. The Morgan fingerprint density at radius 2 is 1.76 bits per heavy atom. The average Bonchev–Trinajstić information content (AvgIpc) is 3.20. The van der Waals surface area contributed by atoms with Crippen molar-refractivity contribution in [3.05, 3.63) is 59.1 Å². The second-order valence-corrected chi connectivity index (χ2v) is 8.12. The van der Waals surface area contributed by atoms with E-state index in [-0.39, 0.29) is 17.1 Å². The predicted molar refractivity (Wildman–Crippen MR) is 120 cm³/mol. The Hall–Kier alpha value is -2.98. The molecule has 11 heteroatoms. The van der Waals surface area contributed by atoms with Gasteiger partial charge >= 0.3 is 12.6 Å². The van der Waals surface area contributed by atoms with Crippen molar-refractivity contribution in [3.8, 4) is 17.1 Å². The summed E-state index contributed by atoms with van der Waals surface area (Å²) < 4.78 is 35.8. The number of Topliss-reactive ketones (excluding diaryl/α,β-unsaturated/α-hetero) is 1. The van der Waals surface area contributed by atoms with Crippen LogP contribution in [0.1, 0.15) is 24.2 Å². The van der Waals surface area contributed by atoms with Crippen molar-refractivity contribution in [1.29, 1.82) is 0 Å². The molecule has 0 saturated carbocycles. The largest absolute Gasteiger partial charge is 0.454 e. The molecule has 3 rings (SSSR count). The molecule has 1 atom stereocenters. The van der Waals surface area contributed by atoms with E-state index in [4.69, 9.17) is 16.3 Å². The van der Waals surface area contributed by atoms with E-state index in [2.05, 4.69) is 14.9 Å². The number of aromatic nitrogens is 3. The molecule has 1 heterocycles. The molecule has 33 heavy (non-hydrogen) atoms. The van der Waals surface area contributed by atoms with E-state index in [9.17, 15) is 18.4 Å². The lowest BCUT2D eigenvalue weighted by Gasteiger charge is -2.13. The lowest BCUT2D eigenvalue weighted by molar-refractivity contribution is -0.143. The van der Waals surface area contributed by atoms with Crippen LogP contribution >= 0.6 is 23.4 Å². The number of carbonyl (C=O) groups is 2. The summed E-state index contributed by atoms with van der Waals surface area (Å²) in [6, 6.07) is 12.4. The monoisotopic (exact) mass is 495 g/mol. The summed E-state index contributed by atoms with van der Waals surface area (Å²) in [5, 5.41) is 9.50. The third-order valence-electron chi connectivity index (χ3n) is 4.50. The maximum Gasteiger partial charge on any atom is 0.387 e. The van der Waals surface area contributed by atoms with Gasteiger partial charge in [-0.2, -0.15) is 8.78 Å². The zero-order valence-electron chi connectivity index (χ0n) is 17.7. The number of carbonyl (C=O) groups excluding carboxylic acids is 2. The summed E-state index contributed by atoms with van der Waals surface area (Å²) in [6.45, 7) is 1.01. The highest BCUT2D eigenvalue weighted by molar-refractivity contribution is 7.99. The van der Waals surface area contributed by atoms with Gasteiger partial charge in [-0.05, 0) is 62.4 Å². The fraction of sp³-hybridized carbons (Fsp3) is 0.273. The van der Waals surface area contributed by atoms with E-state index < -0.39 is 24.5 Å². The minimum Gasteiger partial charge on any atom is -0.454 e. The lowest BCUT2D eigenvalue weighted by atomic mass is 10.1. The first-order valence-electron chi connectivity index (χ1n) is 9.89. The zero-order valence-corrected chi connectivity index (χ0v) is 19.3. The number of ether oxygens (including phenoxy) is 2. The third kappa shape index (κ3) is 6.52. The molecular formula is C22H20ClF2N3O4S. The average molecular weight is 496 g/mol. The maximum atomic E-state index is 12.5. The van der Waals surface area contributed by atoms with E-state index in [1.165, 1.54) is 31.2 Å². The fourth-order valence-electron chi connectivity index (χ4n) is 2.94. The van der Waals surface area contributed by atoms with E-state index in [0.717, 1.165) is 17.3 Å². The van der Waals surface area contributed by atoms with Crippen molar-refractivity contribution in [2.45, 2.75) is 38.3 Å². The molecule has 7 nitrogen and oxygen atoms in total. The first-order valence-corrected chi connectivity index (χ1v) is 11.2. The Labute approximate surface area is 198 Å². The van der Waals surface area contributed by atoms with Gasteiger partial charge in [-0.25, -0.2) is 0 Å². The number of benzene rings is 2. The second kappa shape index (κ2) is 11.2. The minimum absolute atomic E-state index is 0.0689. The van der Waals surface area contributed by atoms with Gasteiger partial charge in [-0.15, -0.1) is 10.2 Å². The van der Waals surface area contributed by atoms with Crippen molar-refractivity contribution >= 4 is 35.1 Å². The smallest absolute Gasteiger partial charge is 0.387 e. The third-order valence-corrected chi connectivity index (χ3v) is 5.69. The molecule has 3 aromatic rings. The van der Waals surface area contributed by atoms with Crippen LogP contribution in [0.15, 0.2) is 53.7 Å². The SMILES string of the molecule is CCn1c(SCC(=O)OC(C)C(=O)c2ccc(OC(F)F)cc2)nnc1-c1ccc(Cl)cc1. The van der Waals surface area contributed by atoms with Gasteiger partial charge in [0.15, 0.2) is 17.1 Å². The van der Waals surface area contributed by atoms with Crippen LogP contribution in [0.2, 0.25) is 5.02 Å². The van der Waals surface area contributed by atoms with Gasteiger partial charge in [-0.1, -0.05) is 23.4 Å². The quantitative estimate of drug-likeness (QED) is 0.219. The Bertz CT molecular complexity index is 1110. The van der Waals surface area contributed by atoms with Crippen LogP contribution in [0.5, 0.6) is 5.75 Å². The zero-order chi connectivity index (χ0) is 24.0. The summed E-state index contributed by atoms with van der Waals surface area (Å²) in [5.74, 6) is -0.554. The lowest BCUT2D eigenvalue weighted by Crippen LogP contribution is -2.25. The Balaban J connectivity index is 1.57. The van der Waals surface area contributed by atoms with Crippen molar-refractivity contribution in [2.75, 3.05) is 5.75 Å². The van der Waals surface area contributed by atoms with Gasteiger partial charge in [0.1, 0.15) is 5.75 Å². The number of rotatable bonds is 10. The molecule has 0 fully saturated rings. The van der Waals surface area contributed by atoms with E-state index in [1.807, 2.05) is 23.6 Å². The van der Waals surface area contributed by atoms with Crippen LogP contribution in [0.25, 0.3) is 11.4 Å². The minimum atomic E-state index is -2.95. The maximum absolute atomic E-state index is 12.5. The van der Waals surface area contributed by atoms with Crippen molar-refractivity contribution < 1.29 is 27.8 Å². The predicted octanol–water partition coefficient (Wildman–Crippen LogP) is 5.13. The number of alkyl halides is 2. The molecule has 2 aromatic carbocycles. The molecule has 0 radical (unpaired) electrons. The first-order chi connectivity index (χ1) is 15.8.